The average Bonchev–Trinajstić information content (AvgIpc) is 2.26. The fourth-order valence-electron chi connectivity index (χ4n) is 1.20. The highest BCUT2D eigenvalue weighted by molar-refractivity contribution is 7.90. The number of hydrogen-bond donors (Lipinski definition) is 2. The van der Waals surface area contributed by atoms with Gasteiger partial charge < -0.3 is 11.1 Å². The van der Waals surface area contributed by atoms with Crippen LogP contribution in [0.2, 0.25) is 0 Å². The molecule has 1 amide bonds. The molecule has 18 heavy (non-hydrogen) atoms. The molecule has 0 atom stereocenters. The fraction of sp³-hybridized carbons (Fsp3) is 0.250. The van der Waals surface area contributed by atoms with Crippen molar-refractivity contribution in [2.45, 2.75) is 0 Å². The number of nitrogens with two attached hydrogens (primary N) is 1. The van der Waals surface area contributed by atoms with Crippen molar-refractivity contribution >= 4 is 27.5 Å². The zero-order valence-corrected chi connectivity index (χ0v) is 10.9. The molecule has 1 rings (SSSR count). The van der Waals surface area contributed by atoms with E-state index < -0.39 is 9.84 Å². The van der Waals surface area contributed by atoms with Gasteiger partial charge in [-0.25, -0.2) is 8.42 Å². The maximum absolute atomic E-state index is 11.4. The van der Waals surface area contributed by atoms with Crippen LogP contribution in [0, 0.1) is 0 Å². The van der Waals surface area contributed by atoms with Crippen molar-refractivity contribution in [3.63, 3.8) is 0 Å². The highest BCUT2D eigenvalue weighted by Crippen LogP contribution is 2.06. The lowest BCUT2D eigenvalue weighted by atomic mass is 10.2. The SMILES string of the molecule is CS(=O)(=O)CCNC(=O)/C=C/c1ccc(N)cc1. The summed E-state index contributed by atoms with van der Waals surface area (Å²) in [5.41, 5.74) is 7.04. The Morgan fingerprint density at radius 1 is 1.33 bits per heavy atom. The molecule has 0 spiro atoms. The summed E-state index contributed by atoms with van der Waals surface area (Å²) in [6, 6.07) is 7.05. The smallest absolute Gasteiger partial charge is 0.244 e. The van der Waals surface area contributed by atoms with Gasteiger partial charge in [-0.2, -0.15) is 0 Å². The van der Waals surface area contributed by atoms with Crippen LogP contribution < -0.4 is 11.1 Å². The Bertz CT molecular complexity index is 533. The zero-order valence-electron chi connectivity index (χ0n) is 10.1. The number of nitrogens with one attached hydrogen (secondary N) is 1. The Hall–Kier alpha value is -1.82. The lowest BCUT2D eigenvalue weighted by molar-refractivity contribution is -0.116. The average molecular weight is 268 g/mol. The van der Waals surface area contributed by atoms with E-state index >= 15 is 0 Å². The number of benzene rings is 1. The first kappa shape index (κ1) is 14.2. The summed E-state index contributed by atoms with van der Waals surface area (Å²) >= 11 is 0. The second-order valence-corrected chi connectivity index (χ2v) is 6.18. The van der Waals surface area contributed by atoms with Crippen LogP contribution in [0.25, 0.3) is 6.08 Å². The van der Waals surface area contributed by atoms with Crippen molar-refractivity contribution in [2.24, 2.45) is 0 Å². The number of nitrogen functional groups attached to an aromatic ring is 1. The molecule has 0 unspecified atom stereocenters. The van der Waals surface area contributed by atoms with Crippen molar-refractivity contribution in [1.82, 2.24) is 5.32 Å². The molecule has 98 valence electrons. The van der Waals surface area contributed by atoms with Gasteiger partial charge in [0.25, 0.3) is 0 Å². The largest absolute Gasteiger partial charge is 0.399 e. The molecule has 0 aliphatic carbocycles. The monoisotopic (exact) mass is 268 g/mol. The van der Waals surface area contributed by atoms with E-state index in [-0.39, 0.29) is 18.2 Å². The third-order valence-corrected chi connectivity index (χ3v) is 3.08. The van der Waals surface area contributed by atoms with Gasteiger partial charge >= 0.3 is 0 Å². The van der Waals surface area contributed by atoms with Crippen LogP contribution in [0.5, 0.6) is 0 Å². The van der Waals surface area contributed by atoms with Crippen LogP contribution in [0.1, 0.15) is 5.56 Å². The molecule has 0 fully saturated rings. The van der Waals surface area contributed by atoms with Gasteiger partial charge in [0.15, 0.2) is 0 Å². The van der Waals surface area contributed by atoms with E-state index in [4.69, 9.17) is 5.73 Å². The molecule has 0 saturated heterocycles. The van der Waals surface area contributed by atoms with Gasteiger partial charge in [0, 0.05) is 24.6 Å². The van der Waals surface area contributed by atoms with Crippen molar-refractivity contribution < 1.29 is 13.2 Å². The van der Waals surface area contributed by atoms with Crippen molar-refractivity contribution in [3.05, 3.63) is 35.9 Å². The summed E-state index contributed by atoms with van der Waals surface area (Å²) in [5.74, 6) is -0.385. The maximum Gasteiger partial charge on any atom is 0.244 e. The van der Waals surface area contributed by atoms with Crippen LogP contribution in [0.15, 0.2) is 30.3 Å². The number of amides is 1. The fourth-order valence-corrected chi connectivity index (χ4v) is 1.67. The standard InChI is InChI=1S/C12H16N2O3S/c1-18(16,17)9-8-14-12(15)7-4-10-2-5-11(13)6-3-10/h2-7H,8-9,13H2,1H3,(H,14,15)/b7-4+. The van der Waals surface area contributed by atoms with E-state index in [0.29, 0.717) is 5.69 Å². The Morgan fingerprint density at radius 2 is 1.94 bits per heavy atom. The molecule has 3 N–H and O–H groups in total. The first-order chi connectivity index (χ1) is 8.37. The summed E-state index contributed by atoms with van der Waals surface area (Å²) < 4.78 is 21.7. The highest BCUT2D eigenvalue weighted by atomic mass is 32.2. The topological polar surface area (TPSA) is 89.3 Å². The van der Waals surface area contributed by atoms with Crippen LogP contribution in [0.3, 0.4) is 0 Å². The molecule has 0 heterocycles. The van der Waals surface area contributed by atoms with Gasteiger partial charge in [-0.3, -0.25) is 4.79 Å². The second kappa shape index (κ2) is 6.20. The minimum atomic E-state index is -3.04. The molecular formula is C12H16N2O3S. The third kappa shape index (κ3) is 6.05. The molecule has 0 aliphatic heterocycles. The number of anilines is 1. The maximum atomic E-state index is 11.4. The van der Waals surface area contributed by atoms with E-state index in [0.717, 1.165) is 11.8 Å². The van der Waals surface area contributed by atoms with E-state index in [2.05, 4.69) is 5.32 Å². The van der Waals surface area contributed by atoms with Gasteiger partial charge in [-0.15, -0.1) is 0 Å². The molecule has 1 aromatic rings. The third-order valence-electron chi connectivity index (χ3n) is 2.14. The summed E-state index contributed by atoms with van der Waals surface area (Å²) in [5, 5.41) is 2.49. The van der Waals surface area contributed by atoms with Gasteiger partial charge in [0.05, 0.1) is 5.75 Å². The molecule has 1 aromatic carbocycles. The molecule has 6 heteroatoms. The van der Waals surface area contributed by atoms with Gasteiger partial charge in [-0.05, 0) is 23.8 Å². The number of carbonyl (C=O) groups is 1. The minimum absolute atomic E-state index is 0.0611. The lowest BCUT2D eigenvalue weighted by Crippen LogP contribution is -2.27. The van der Waals surface area contributed by atoms with Crippen LogP contribution in [-0.4, -0.2) is 32.9 Å². The lowest BCUT2D eigenvalue weighted by Gasteiger charge is -2.00. The predicted octanol–water partition coefficient (Wildman–Crippen LogP) is 0.443. The Morgan fingerprint density at radius 3 is 2.50 bits per heavy atom. The highest BCUT2D eigenvalue weighted by Gasteiger charge is 2.02. The Kier molecular flexibility index (Phi) is 4.91. The Labute approximate surface area is 107 Å². The van der Waals surface area contributed by atoms with Crippen LogP contribution >= 0.6 is 0 Å². The van der Waals surface area contributed by atoms with Crippen molar-refractivity contribution in [3.8, 4) is 0 Å². The zero-order chi connectivity index (χ0) is 13.6. The normalized spacial score (nSPS) is 11.6. The van der Waals surface area contributed by atoms with Gasteiger partial charge in [0.2, 0.25) is 5.91 Å². The number of carbonyl (C=O) groups excluding carboxylic acids is 1. The van der Waals surface area contributed by atoms with Crippen molar-refractivity contribution in [2.75, 3.05) is 24.3 Å². The van der Waals surface area contributed by atoms with E-state index in [1.54, 1.807) is 30.3 Å². The summed E-state index contributed by atoms with van der Waals surface area (Å²) in [6.07, 6.45) is 4.12. The van der Waals surface area contributed by atoms with E-state index in [1.165, 1.54) is 6.08 Å². The molecule has 0 aromatic heterocycles. The summed E-state index contributed by atoms with van der Waals surface area (Å²) in [4.78, 5) is 11.4. The minimum Gasteiger partial charge on any atom is -0.399 e. The van der Waals surface area contributed by atoms with Crippen LogP contribution in [-0.2, 0) is 14.6 Å². The number of sulfone groups is 1. The first-order valence-corrected chi connectivity index (χ1v) is 7.42. The number of rotatable bonds is 5. The summed E-state index contributed by atoms with van der Waals surface area (Å²) in [6.45, 7) is 0.115. The van der Waals surface area contributed by atoms with Crippen molar-refractivity contribution in [1.29, 1.82) is 0 Å². The molecular weight excluding hydrogens is 252 g/mol. The first-order valence-electron chi connectivity index (χ1n) is 5.36. The van der Waals surface area contributed by atoms with Gasteiger partial charge in [0.1, 0.15) is 9.84 Å². The molecule has 0 radical (unpaired) electrons. The molecule has 0 aliphatic rings. The Balaban J connectivity index is 2.42. The summed E-state index contributed by atoms with van der Waals surface area (Å²) in [7, 11) is -3.04. The van der Waals surface area contributed by atoms with E-state index in [9.17, 15) is 13.2 Å². The van der Waals surface area contributed by atoms with Crippen LogP contribution in [0.4, 0.5) is 5.69 Å². The molecule has 0 saturated carbocycles. The van der Waals surface area contributed by atoms with Gasteiger partial charge in [-0.1, -0.05) is 12.1 Å². The quantitative estimate of drug-likeness (QED) is 0.599. The van der Waals surface area contributed by atoms with E-state index in [1.807, 2.05) is 0 Å². The second-order valence-electron chi connectivity index (χ2n) is 3.92. The molecule has 5 nitrogen and oxygen atoms in total. The molecule has 0 bridgehead atoms. The predicted molar refractivity (Wildman–Crippen MR) is 72.6 cm³/mol. The number of hydrogen-bond acceptors (Lipinski definition) is 4.